The van der Waals surface area contributed by atoms with Crippen molar-refractivity contribution in [2.75, 3.05) is 0 Å². The predicted octanol–water partition coefficient (Wildman–Crippen LogP) is 4.68. The van der Waals surface area contributed by atoms with Gasteiger partial charge in [0, 0.05) is 6.57 Å². The Labute approximate surface area is 84.2 Å². The highest BCUT2D eigenvalue weighted by Crippen LogP contribution is 2.08. The average Bonchev–Trinajstić information content (AvgIpc) is 2.20. The summed E-state index contributed by atoms with van der Waals surface area (Å²) in [6.07, 6.45) is 13.0. The molecule has 0 saturated carbocycles. The van der Waals surface area contributed by atoms with Crippen LogP contribution in [0.2, 0.25) is 0 Å². The first kappa shape index (κ1) is 15.0. The lowest BCUT2D eigenvalue weighted by atomic mass is 10.1. The standard InChI is InChI=1S/C11H24.CHN/c1-3-5-7-9-11-10-8-6-4-2;1-2/h3-11H2,1-2H3;1H. The van der Waals surface area contributed by atoms with Gasteiger partial charge in [0.25, 0.3) is 0 Å². The van der Waals surface area contributed by atoms with Gasteiger partial charge in [-0.2, -0.15) is 0 Å². The zero-order valence-electron chi connectivity index (χ0n) is 9.39. The smallest absolute Gasteiger partial charge is 0.0462 e. The molecule has 0 bridgehead atoms. The summed E-state index contributed by atoms with van der Waals surface area (Å²) in [4.78, 5) is 0. The fourth-order valence-electron chi connectivity index (χ4n) is 1.38. The van der Waals surface area contributed by atoms with Gasteiger partial charge in [0.05, 0.1) is 0 Å². The Kier molecular flexibility index (Phi) is 20.2. The van der Waals surface area contributed by atoms with Crippen molar-refractivity contribution < 1.29 is 0 Å². The molecule has 78 valence electrons. The SMILES string of the molecule is C#N.CCCCCCCCCCC. The van der Waals surface area contributed by atoms with E-state index in [2.05, 4.69) is 20.4 Å². The van der Waals surface area contributed by atoms with Crippen LogP contribution in [-0.4, -0.2) is 0 Å². The third-order valence-electron chi connectivity index (χ3n) is 2.21. The van der Waals surface area contributed by atoms with Crippen molar-refractivity contribution in [2.45, 2.75) is 71.6 Å². The first-order valence-electron chi connectivity index (χ1n) is 5.67. The Morgan fingerprint density at radius 1 is 0.615 bits per heavy atom. The van der Waals surface area contributed by atoms with E-state index in [4.69, 9.17) is 5.26 Å². The van der Waals surface area contributed by atoms with E-state index in [9.17, 15) is 0 Å². The Balaban J connectivity index is 0. The fourth-order valence-corrected chi connectivity index (χ4v) is 1.38. The van der Waals surface area contributed by atoms with Gasteiger partial charge in [-0.25, -0.2) is 5.26 Å². The maximum atomic E-state index is 6.50. The summed E-state index contributed by atoms with van der Waals surface area (Å²) in [6, 6.07) is 0. The van der Waals surface area contributed by atoms with Crippen LogP contribution < -0.4 is 0 Å². The molecule has 0 aromatic heterocycles. The van der Waals surface area contributed by atoms with Gasteiger partial charge in [-0.3, -0.25) is 0 Å². The molecule has 0 amide bonds. The third kappa shape index (κ3) is 18.4. The summed E-state index contributed by atoms with van der Waals surface area (Å²) >= 11 is 0. The summed E-state index contributed by atoms with van der Waals surface area (Å²) in [7, 11) is 0. The number of nitriles is 1. The van der Waals surface area contributed by atoms with E-state index in [-0.39, 0.29) is 0 Å². The van der Waals surface area contributed by atoms with Gasteiger partial charge in [-0.15, -0.1) is 0 Å². The topological polar surface area (TPSA) is 23.8 Å². The van der Waals surface area contributed by atoms with Gasteiger partial charge in [0.1, 0.15) is 0 Å². The maximum absolute atomic E-state index is 6.50. The van der Waals surface area contributed by atoms with E-state index in [1.54, 1.807) is 0 Å². The van der Waals surface area contributed by atoms with Crippen LogP contribution in [0, 0.1) is 11.8 Å². The number of rotatable bonds is 8. The normalized spacial score (nSPS) is 8.92. The van der Waals surface area contributed by atoms with Gasteiger partial charge < -0.3 is 0 Å². The van der Waals surface area contributed by atoms with E-state index < -0.39 is 0 Å². The van der Waals surface area contributed by atoms with Crippen LogP contribution in [0.1, 0.15) is 71.6 Å². The van der Waals surface area contributed by atoms with Gasteiger partial charge in [-0.05, 0) is 0 Å². The van der Waals surface area contributed by atoms with E-state index in [0.717, 1.165) is 0 Å². The van der Waals surface area contributed by atoms with Crippen molar-refractivity contribution in [1.29, 1.82) is 5.26 Å². The molecule has 0 aromatic rings. The van der Waals surface area contributed by atoms with Crippen molar-refractivity contribution in [2.24, 2.45) is 0 Å². The summed E-state index contributed by atoms with van der Waals surface area (Å²) in [5, 5.41) is 6.50. The molecular weight excluding hydrogens is 158 g/mol. The molecule has 0 unspecified atom stereocenters. The van der Waals surface area contributed by atoms with Gasteiger partial charge in [0.15, 0.2) is 0 Å². The highest BCUT2D eigenvalue weighted by Gasteiger charge is 1.88. The van der Waals surface area contributed by atoms with E-state index in [1.165, 1.54) is 57.8 Å². The highest BCUT2D eigenvalue weighted by molar-refractivity contribution is 4.44. The van der Waals surface area contributed by atoms with Crippen LogP contribution >= 0.6 is 0 Å². The third-order valence-corrected chi connectivity index (χ3v) is 2.21. The van der Waals surface area contributed by atoms with Crippen LogP contribution in [-0.2, 0) is 0 Å². The fraction of sp³-hybridized carbons (Fsp3) is 0.917. The molecular formula is C12H25N. The summed E-state index contributed by atoms with van der Waals surface area (Å²) < 4.78 is 0. The van der Waals surface area contributed by atoms with Crippen molar-refractivity contribution >= 4 is 0 Å². The lowest BCUT2D eigenvalue weighted by Gasteiger charge is -1.98. The first-order valence-corrected chi connectivity index (χ1v) is 5.67. The van der Waals surface area contributed by atoms with E-state index >= 15 is 0 Å². The summed E-state index contributed by atoms with van der Waals surface area (Å²) in [6.45, 7) is 8.05. The molecule has 0 saturated heterocycles. The summed E-state index contributed by atoms with van der Waals surface area (Å²) in [5.74, 6) is 0. The Bertz CT molecular complexity index is 78.4. The van der Waals surface area contributed by atoms with Crippen molar-refractivity contribution in [3.05, 3.63) is 0 Å². The first-order chi connectivity index (χ1) is 6.41. The molecule has 0 fully saturated rings. The monoisotopic (exact) mass is 183 g/mol. The average molecular weight is 183 g/mol. The lowest BCUT2D eigenvalue weighted by molar-refractivity contribution is 0.572. The summed E-state index contributed by atoms with van der Waals surface area (Å²) in [5.41, 5.74) is 0. The van der Waals surface area contributed by atoms with E-state index in [1.807, 2.05) is 0 Å². The van der Waals surface area contributed by atoms with Gasteiger partial charge >= 0.3 is 0 Å². The largest absolute Gasteiger partial charge is 0.202 e. The Morgan fingerprint density at radius 2 is 0.846 bits per heavy atom. The Morgan fingerprint density at radius 3 is 1.08 bits per heavy atom. The van der Waals surface area contributed by atoms with Crippen molar-refractivity contribution in [3.8, 4) is 6.57 Å². The lowest BCUT2D eigenvalue weighted by Crippen LogP contribution is -1.79. The molecule has 0 rings (SSSR count). The second kappa shape index (κ2) is 17.5. The number of hydrogen-bond donors (Lipinski definition) is 0. The van der Waals surface area contributed by atoms with Crippen LogP contribution in [0.3, 0.4) is 0 Å². The minimum absolute atomic E-state index is 1.37. The van der Waals surface area contributed by atoms with Crippen LogP contribution in [0.5, 0.6) is 0 Å². The minimum atomic E-state index is 1.37. The molecule has 1 heteroatoms. The molecule has 0 aliphatic carbocycles. The van der Waals surface area contributed by atoms with Gasteiger partial charge in [0.2, 0.25) is 0 Å². The molecule has 0 atom stereocenters. The molecule has 0 heterocycles. The zero-order valence-corrected chi connectivity index (χ0v) is 9.39. The highest BCUT2D eigenvalue weighted by atomic mass is 14.2. The molecule has 0 aliphatic rings. The maximum Gasteiger partial charge on any atom is 0.0462 e. The van der Waals surface area contributed by atoms with Crippen molar-refractivity contribution in [3.63, 3.8) is 0 Å². The molecule has 0 spiro atoms. The predicted molar refractivity (Wildman–Crippen MR) is 59.6 cm³/mol. The minimum Gasteiger partial charge on any atom is -0.202 e. The Hall–Kier alpha value is -0.510. The van der Waals surface area contributed by atoms with Crippen molar-refractivity contribution in [1.82, 2.24) is 0 Å². The number of nitrogens with zero attached hydrogens (tertiary/aromatic N) is 1. The zero-order chi connectivity index (χ0) is 10.4. The second-order valence-electron chi connectivity index (χ2n) is 3.47. The quantitative estimate of drug-likeness (QED) is 0.501. The van der Waals surface area contributed by atoms with Gasteiger partial charge in [-0.1, -0.05) is 71.6 Å². The van der Waals surface area contributed by atoms with Crippen LogP contribution in [0.25, 0.3) is 0 Å². The van der Waals surface area contributed by atoms with E-state index in [0.29, 0.717) is 0 Å². The number of unbranched alkanes of at least 4 members (excludes halogenated alkanes) is 8. The molecule has 0 N–H and O–H groups in total. The molecule has 1 nitrogen and oxygen atoms in total. The molecule has 0 radical (unpaired) electrons. The van der Waals surface area contributed by atoms with Crippen LogP contribution in [0.15, 0.2) is 0 Å². The molecule has 0 aliphatic heterocycles. The molecule has 0 aromatic carbocycles. The second-order valence-corrected chi connectivity index (χ2v) is 3.47. The van der Waals surface area contributed by atoms with Crippen LogP contribution in [0.4, 0.5) is 0 Å². The molecule has 13 heavy (non-hydrogen) atoms. The number of hydrogen-bond acceptors (Lipinski definition) is 1.